The van der Waals surface area contributed by atoms with E-state index >= 15 is 0 Å². The number of nitrogens with one attached hydrogen (secondary N) is 1. The van der Waals surface area contributed by atoms with Gasteiger partial charge in [0.05, 0.1) is 23.0 Å². The van der Waals surface area contributed by atoms with E-state index in [4.69, 9.17) is 40.5 Å². The van der Waals surface area contributed by atoms with Gasteiger partial charge >= 0.3 is 0 Å². The van der Waals surface area contributed by atoms with Gasteiger partial charge < -0.3 is 16.2 Å². The number of benzene rings is 3. The van der Waals surface area contributed by atoms with Crippen molar-refractivity contribution in [2.75, 3.05) is 0 Å². The number of nitrogens with zero attached hydrogens (tertiary/aromatic N) is 2. The molecule has 10 heteroatoms. The minimum Gasteiger partial charge on any atom is -0.392 e. The van der Waals surface area contributed by atoms with Gasteiger partial charge in [0.15, 0.2) is 5.69 Å². The Labute approximate surface area is 228 Å². The first kappa shape index (κ1) is 26.7. The Hall–Kier alpha value is -3.36. The minimum atomic E-state index is -0.942. The van der Waals surface area contributed by atoms with Crippen molar-refractivity contribution < 1.29 is 14.7 Å². The Bertz CT molecular complexity index is 1420. The standard InChI is InChI=1S/C27H23Cl3N4O3/c28-18-9-7-17(8-10-18)25-20(15-35)24(33-34(25)23-13-11-19(29)14-21(23)30)27(37)32-22(26(31)36)12-6-16-4-2-1-3-5-16/h1-5,7-11,13-14,22,35H,6,12,15H2,(H2,31,36)(H,32,37). The van der Waals surface area contributed by atoms with Gasteiger partial charge in [-0.2, -0.15) is 5.10 Å². The van der Waals surface area contributed by atoms with Crippen molar-refractivity contribution in [1.29, 1.82) is 0 Å². The molecule has 1 aromatic heterocycles. The molecule has 4 rings (SSSR count). The van der Waals surface area contributed by atoms with Gasteiger partial charge in [-0.1, -0.05) is 77.3 Å². The highest BCUT2D eigenvalue weighted by Gasteiger charge is 2.28. The maximum absolute atomic E-state index is 13.4. The van der Waals surface area contributed by atoms with Crippen LogP contribution in [-0.2, 0) is 17.8 Å². The molecule has 1 atom stereocenters. The lowest BCUT2D eigenvalue weighted by molar-refractivity contribution is -0.120. The maximum atomic E-state index is 13.4. The summed E-state index contributed by atoms with van der Waals surface area (Å²) >= 11 is 18.6. The molecule has 0 bridgehead atoms. The van der Waals surface area contributed by atoms with Gasteiger partial charge in [0.25, 0.3) is 5.91 Å². The number of carbonyl (C=O) groups excluding carboxylic acids is 2. The van der Waals surface area contributed by atoms with Crippen LogP contribution in [0.5, 0.6) is 0 Å². The number of aliphatic hydroxyl groups is 1. The van der Waals surface area contributed by atoms with Crippen molar-refractivity contribution in [3.05, 3.63) is 105 Å². The molecule has 7 nitrogen and oxygen atoms in total. The van der Waals surface area contributed by atoms with Crippen LogP contribution in [0.15, 0.2) is 72.8 Å². The molecule has 0 saturated heterocycles. The first-order valence-corrected chi connectivity index (χ1v) is 12.5. The van der Waals surface area contributed by atoms with Crippen LogP contribution in [0.3, 0.4) is 0 Å². The zero-order valence-electron chi connectivity index (χ0n) is 19.5. The molecular formula is C27H23Cl3N4O3. The zero-order valence-corrected chi connectivity index (χ0v) is 21.8. The SMILES string of the molecule is NC(=O)C(CCc1ccccc1)NC(=O)c1nn(-c2ccc(Cl)cc2Cl)c(-c2ccc(Cl)cc2)c1CO. The van der Waals surface area contributed by atoms with E-state index in [0.29, 0.717) is 44.9 Å². The topological polar surface area (TPSA) is 110 Å². The monoisotopic (exact) mass is 556 g/mol. The lowest BCUT2D eigenvalue weighted by Crippen LogP contribution is -2.45. The molecular weight excluding hydrogens is 535 g/mol. The molecule has 0 aliphatic heterocycles. The molecule has 2 amide bonds. The molecule has 0 aliphatic rings. The Morgan fingerprint density at radius 1 is 0.973 bits per heavy atom. The minimum absolute atomic E-state index is 0.0653. The second-order valence-corrected chi connectivity index (χ2v) is 9.58. The largest absolute Gasteiger partial charge is 0.392 e. The molecule has 190 valence electrons. The van der Waals surface area contributed by atoms with Gasteiger partial charge in [-0.3, -0.25) is 9.59 Å². The number of nitrogens with two attached hydrogens (primary N) is 1. The van der Waals surface area contributed by atoms with Crippen LogP contribution in [0.25, 0.3) is 16.9 Å². The summed E-state index contributed by atoms with van der Waals surface area (Å²) < 4.78 is 1.46. The number of aromatic nitrogens is 2. The number of aliphatic hydroxyl groups excluding tert-OH is 1. The van der Waals surface area contributed by atoms with Gasteiger partial charge in [0.1, 0.15) is 6.04 Å². The second kappa shape index (κ2) is 11.8. The number of rotatable bonds is 9. The number of hydrogen-bond acceptors (Lipinski definition) is 4. The molecule has 0 fully saturated rings. The normalized spacial score (nSPS) is 11.8. The fourth-order valence-corrected chi connectivity index (χ4v) is 4.60. The Balaban J connectivity index is 1.74. The number of halogens is 3. The first-order valence-electron chi connectivity index (χ1n) is 11.4. The van der Waals surface area contributed by atoms with E-state index in [-0.39, 0.29) is 11.3 Å². The highest BCUT2D eigenvalue weighted by molar-refractivity contribution is 6.35. The fraction of sp³-hybridized carbons (Fsp3) is 0.148. The van der Waals surface area contributed by atoms with Gasteiger partial charge in [-0.15, -0.1) is 0 Å². The highest BCUT2D eigenvalue weighted by atomic mass is 35.5. The Kier molecular flexibility index (Phi) is 8.51. The molecule has 0 radical (unpaired) electrons. The van der Waals surface area contributed by atoms with Crippen molar-refractivity contribution in [1.82, 2.24) is 15.1 Å². The molecule has 0 saturated carbocycles. The zero-order chi connectivity index (χ0) is 26.5. The summed E-state index contributed by atoms with van der Waals surface area (Å²) in [6, 6.07) is 20.3. The summed E-state index contributed by atoms with van der Waals surface area (Å²) in [5.41, 5.74) is 8.30. The van der Waals surface area contributed by atoms with Crippen molar-refractivity contribution in [2.24, 2.45) is 5.73 Å². The third kappa shape index (κ3) is 6.14. The highest BCUT2D eigenvalue weighted by Crippen LogP contribution is 2.33. The summed E-state index contributed by atoms with van der Waals surface area (Å²) in [7, 11) is 0. The molecule has 4 N–H and O–H groups in total. The molecule has 37 heavy (non-hydrogen) atoms. The van der Waals surface area contributed by atoms with Crippen molar-refractivity contribution >= 4 is 46.6 Å². The van der Waals surface area contributed by atoms with Gasteiger partial charge in [0.2, 0.25) is 5.91 Å². The van der Waals surface area contributed by atoms with Crippen molar-refractivity contribution in [2.45, 2.75) is 25.5 Å². The summed E-state index contributed by atoms with van der Waals surface area (Å²) in [5.74, 6) is -1.33. The number of amides is 2. The lowest BCUT2D eigenvalue weighted by Gasteiger charge is -2.15. The smallest absolute Gasteiger partial charge is 0.272 e. The maximum Gasteiger partial charge on any atom is 0.272 e. The van der Waals surface area contributed by atoms with Crippen LogP contribution in [-0.4, -0.2) is 32.7 Å². The van der Waals surface area contributed by atoms with Gasteiger partial charge in [-0.25, -0.2) is 4.68 Å². The van der Waals surface area contributed by atoms with Crippen LogP contribution in [0.1, 0.15) is 28.0 Å². The first-order chi connectivity index (χ1) is 17.8. The summed E-state index contributed by atoms with van der Waals surface area (Å²) in [6.07, 6.45) is 0.833. The van der Waals surface area contributed by atoms with Crippen LogP contribution in [0.4, 0.5) is 0 Å². The molecule has 4 aromatic rings. The van der Waals surface area contributed by atoms with E-state index in [1.807, 2.05) is 30.3 Å². The van der Waals surface area contributed by atoms with Crippen LogP contribution in [0.2, 0.25) is 15.1 Å². The van der Waals surface area contributed by atoms with E-state index in [0.717, 1.165) is 5.56 Å². The third-order valence-corrected chi connectivity index (χ3v) is 6.62. The molecule has 1 heterocycles. The molecule has 0 aliphatic carbocycles. The third-order valence-electron chi connectivity index (χ3n) is 5.83. The lowest BCUT2D eigenvalue weighted by atomic mass is 10.0. The average Bonchev–Trinajstić information content (AvgIpc) is 3.26. The van der Waals surface area contributed by atoms with E-state index in [1.54, 1.807) is 42.5 Å². The van der Waals surface area contributed by atoms with Crippen molar-refractivity contribution in [3.8, 4) is 16.9 Å². The predicted octanol–water partition coefficient (Wildman–Crippen LogP) is 5.21. The average molecular weight is 558 g/mol. The summed E-state index contributed by atoms with van der Waals surface area (Å²) in [5, 5.41) is 18.7. The fourth-order valence-electron chi connectivity index (χ4n) is 3.98. The summed E-state index contributed by atoms with van der Waals surface area (Å²) in [4.78, 5) is 25.5. The van der Waals surface area contributed by atoms with E-state index in [2.05, 4.69) is 10.4 Å². The number of carbonyl (C=O) groups is 2. The number of hydrogen-bond donors (Lipinski definition) is 3. The van der Waals surface area contributed by atoms with E-state index in [1.165, 1.54) is 4.68 Å². The summed E-state index contributed by atoms with van der Waals surface area (Å²) in [6.45, 7) is -0.503. The van der Waals surface area contributed by atoms with E-state index in [9.17, 15) is 14.7 Å². The van der Waals surface area contributed by atoms with Crippen LogP contribution < -0.4 is 11.1 Å². The van der Waals surface area contributed by atoms with Crippen LogP contribution >= 0.6 is 34.8 Å². The molecule has 3 aromatic carbocycles. The predicted molar refractivity (Wildman–Crippen MR) is 145 cm³/mol. The molecule has 1 unspecified atom stereocenters. The number of primary amides is 1. The van der Waals surface area contributed by atoms with Crippen molar-refractivity contribution in [3.63, 3.8) is 0 Å². The Morgan fingerprint density at radius 3 is 2.27 bits per heavy atom. The van der Waals surface area contributed by atoms with Crippen LogP contribution in [0, 0.1) is 0 Å². The van der Waals surface area contributed by atoms with E-state index < -0.39 is 24.5 Å². The number of aryl methyl sites for hydroxylation is 1. The quantitative estimate of drug-likeness (QED) is 0.262. The Morgan fingerprint density at radius 2 is 1.65 bits per heavy atom. The second-order valence-electron chi connectivity index (χ2n) is 8.30. The van der Waals surface area contributed by atoms with Gasteiger partial charge in [-0.05, 0) is 48.7 Å². The van der Waals surface area contributed by atoms with Gasteiger partial charge in [0, 0.05) is 21.2 Å². The molecule has 0 spiro atoms.